The quantitative estimate of drug-likeness (QED) is 0.278. The number of hydrogen-bond donors (Lipinski definition) is 0. The van der Waals surface area contributed by atoms with Crippen molar-refractivity contribution in [1.29, 1.82) is 0 Å². The molecule has 2 aromatic carbocycles. The van der Waals surface area contributed by atoms with E-state index in [1.807, 2.05) is 6.92 Å². The van der Waals surface area contributed by atoms with Gasteiger partial charge in [0, 0.05) is 31.1 Å². The van der Waals surface area contributed by atoms with Crippen LogP contribution in [0.1, 0.15) is 47.1 Å². The predicted molar refractivity (Wildman–Crippen MR) is 137 cm³/mol. The third-order valence-electron chi connectivity index (χ3n) is 6.64. The summed E-state index contributed by atoms with van der Waals surface area (Å²) in [6.07, 6.45) is -2.01. The van der Waals surface area contributed by atoms with Crippen LogP contribution in [-0.2, 0) is 28.4 Å². The van der Waals surface area contributed by atoms with Crippen molar-refractivity contribution in [3.8, 4) is 0 Å². The summed E-state index contributed by atoms with van der Waals surface area (Å²) >= 11 is 0. The monoisotopic (exact) mass is 545 g/mol. The van der Waals surface area contributed by atoms with Gasteiger partial charge in [-0.05, 0) is 48.1 Å². The second kappa shape index (κ2) is 9.94. The lowest BCUT2D eigenvalue weighted by atomic mass is 10.0. The first-order valence-electron chi connectivity index (χ1n) is 12.2. The number of benzene rings is 2. The molecule has 1 fully saturated rings. The Bertz CT molecular complexity index is 1580. The van der Waals surface area contributed by atoms with Crippen molar-refractivity contribution in [3.05, 3.63) is 83.4 Å². The molecule has 5 rings (SSSR count). The summed E-state index contributed by atoms with van der Waals surface area (Å²) in [7, 11) is -3.71. The van der Waals surface area contributed by atoms with Crippen molar-refractivity contribution in [1.82, 2.24) is 8.96 Å². The highest BCUT2D eigenvalue weighted by molar-refractivity contribution is 7.89. The van der Waals surface area contributed by atoms with Gasteiger partial charge in [-0.1, -0.05) is 43.3 Å². The highest BCUT2D eigenvalue weighted by Crippen LogP contribution is 2.36. The number of anilines is 1. The fourth-order valence-electron chi connectivity index (χ4n) is 4.83. The molecule has 11 heteroatoms. The Morgan fingerprint density at radius 1 is 1.11 bits per heavy atom. The van der Waals surface area contributed by atoms with Gasteiger partial charge in [0.25, 0.3) is 6.01 Å². The number of nitrogens with zero attached hydrogens (tertiary/aromatic N) is 3. The van der Waals surface area contributed by atoms with Crippen LogP contribution in [0.15, 0.2) is 65.2 Å². The number of oxazole rings is 1. The second-order valence-corrected chi connectivity index (χ2v) is 11.6. The van der Waals surface area contributed by atoms with E-state index < -0.39 is 33.4 Å². The first kappa shape index (κ1) is 26.0. The largest absolute Gasteiger partial charge is 0.437 e. The third kappa shape index (κ3) is 5.33. The van der Waals surface area contributed by atoms with E-state index in [0.29, 0.717) is 35.1 Å². The molecule has 0 spiro atoms. The molecule has 0 amide bonds. The van der Waals surface area contributed by atoms with Crippen molar-refractivity contribution in [3.63, 3.8) is 0 Å². The van der Waals surface area contributed by atoms with Crippen LogP contribution in [0.3, 0.4) is 0 Å². The van der Waals surface area contributed by atoms with Crippen LogP contribution < -0.4 is 4.90 Å². The van der Waals surface area contributed by atoms with Crippen molar-refractivity contribution >= 4 is 32.7 Å². The number of piperidine rings is 1. The highest BCUT2D eigenvalue weighted by Gasteiger charge is 2.42. The van der Waals surface area contributed by atoms with Gasteiger partial charge in [-0.15, -0.1) is 0 Å². The van der Waals surface area contributed by atoms with E-state index in [1.165, 1.54) is 16.2 Å². The summed E-state index contributed by atoms with van der Waals surface area (Å²) in [5.74, 6) is -1.58. The van der Waals surface area contributed by atoms with Gasteiger partial charge in [-0.3, -0.25) is 4.79 Å². The summed E-state index contributed by atoms with van der Waals surface area (Å²) in [6.45, 7) is 3.02. The van der Waals surface area contributed by atoms with Gasteiger partial charge in [-0.2, -0.15) is 18.2 Å². The molecule has 1 aliphatic rings. The van der Waals surface area contributed by atoms with E-state index in [9.17, 15) is 26.4 Å². The van der Waals surface area contributed by atoms with Crippen LogP contribution in [0, 0.1) is 5.92 Å². The minimum absolute atomic E-state index is 0.191. The van der Waals surface area contributed by atoms with Crippen LogP contribution in [0.2, 0.25) is 0 Å². The maximum Gasteiger partial charge on any atom is 0.437 e. The minimum atomic E-state index is -4.84. The van der Waals surface area contributed by atoms with E-state index in [2.05, 4.69) is 4.98 Å². The van der Waals surface area contributed by atoms with Crippen molar-refractivity contribution in [2.24, 2.45) is 5.92 Å². The Labute approximate surface area is 217 Å². The molecular weight excluding hydrogens is 519 g/mol. The lowest BCUT2D eigenvalue weighted by Crippen LogP contribution is -2.34. The normalized spacial score (nSPS) is 16.7. The molecule has 0 bridgehead atoms. The van der Waals surface area contributed by atoms with Crippen LogP contribution in [0.5, 0.6) is 0 Å². The SMILES string of the molecule is CC1CCCN(c2nc(C(F)(F)F)c(C(=O)Cc3ccc4c(ccn4S(=O)(=O)Cc4ccccc4)c3)o2)C1. The molecule has 1 atom stereocenters. The van der Waals surface area contributed by atoms with Crippen LogP contribution in [-0.4, -0.2) is 36.2 Å². The number of Topliss-reactive ketones (excluding diaryl/α,β-unsaturated/α-hetero) is 1. The third-order valence-corrected chi connectivity index (χ3v) is 8.26. The molecule has 0 aliphatic carbocycles. The first-order valence-corrected chi connectivity index (χ1v) is 13.9. The van der Waals surface area contributed by atoms with E-state index in [1.54, 1.807) is 53.4 Å². The molecule has 0 radical (unpaired) electrons. The van der Waals surface area contributed by atoms with Gasteiger partial charge in [0.2, 0.25) is 21.6 Å². The molecule has 7 nitrogen and oxygen atoms in total. The molecule has 200 valence electrons. The number of rotatable bonds is 7. The van der Waals surface area contributed by atoms with Gasteiger partial charge in [0.05, 0.1) is 11.3 Å². The molecule has 1 saturated heterocycles. The number of fused-ring (bicyclic) bond motifs is 1. The Hall–Kier alpha value is -3.60. The molecule has 0 N–H and O–H groups in total. The van der Waals surface area contributed by atoms with Crippen LogP contribution >= 0.6 is 0 Å². The maximum atomic E-state index is 13.7. The summed E-state index contributed by atoms with van der Waals surface area (Å²) in [4.78, 5) is 18.3. The second-order valence-electron chi connectivity index (χ2n) is 9.71. The lowest BCUT2D eigenvalue weighted by Gasteiger charge is -2.29. The molecule has 1 unspecified atom stereocenters. The van der Waals surface area contributed by atoms with Crippen LogP contribution in [0.4, 0.5) is 19.2 Å². The number of aromatic nitrogens is 2. The summed E-state index contributed by atoms with van der Waals surface area (Å²) in [6, 6.07) is 14.9. The molecule has 1 aliphatic heterocycles. The Balaban J connectivity index is 1.39. The van der Waals surface area contributed by atoms with Gasteiger partial charge < -0.3 is 9.32 Å². The number of hydrogen-bond acceptors (Lipinski definition) is 6. The smallest absolute Gasteiger partial charge is 0.420 e. The Morgan fingerprint density at radius 2 is 1.87 bits per heavy atom. The molecule has 2 aromatic heterocycles. The average molecular weight is 546 g/mol. The zero-order valence-electron chi connectivity index (χ0n) is 20.6. The zero-order valence-corrected chi connectivity index (χ0v) is 21.4. The minimum Gasteiger partial charge on any atom is -0.420 e. The van der Waals surface area contributed by atoms with Crippen molar-refractivity contribution in [2.45, 2.75) is 38.1 Å². The Kier molecular flexibility index (Phi) is 6.81. The van der Waals surface area contributed by atoms with Gasteiger partial charge >= 0.3 is 6.18 Å². The summed E-state index contributed by atoms with van der Waals surface area (Å²) in [5.41, 5.74) is 0.157. The molecule has 0 saturated carbocycles. The number of carbonyl (C=O) groups is 1. The molecule has 3 heterocycles. The average Bonchev–Trinajstić information content (AvgIpc) is 3.50. The van der Waals surface area contributed by atoms with Gasteiger partial charge in [-0.25, -0.2) is 12.4 Å². The highest BCUT2D eigenvalue weighted by atomic mass is 32.2. The number of halogens is 3. The van der Waals surface area contributed by atoms with E-state index in [4.69, 9.17) is 4.42 Å². The molecular formula is C27H26F3N3O4S. The summed E-state index contributed by atoms with van der Waals surface area (Å²) < 4.78 is 73.8. The number of carbonyl (C=O) groups excluding carboxylic acids is 1. The van der Waals surface area contributed by atoms with Gasteiger partial charge in [0.15, 0.2) is 5.69 Å². The first-order chi connectivity index (χ1) is 18.0. The van der Waals surface area contributed by atoms with E-state index in [-0.39, 0.29) is 24.1 Å². The predicted octanol–water partition coefficient (Wildman–Crippen LogP) is 5.69. The van der Waals surface area contributed by atoms with E-state index >= 15 is 0 Å². The fraction of sp³-hybridized carbons (Fsp3) is 0.333. The van der Waals surface area contributed by atoms with Crippen LogP contribution in [0.25, 0.3) is 10.9 Å². The molecule has 4 aromatic rings. The molecule has 38 heavy (non-hydrogen) atoms. The lowest BCUT2D eigenvalue weighted by molar-refractivity contribution is -0.141. The maximum absolute atomic E-state index is 13.7. The van der Waals surface area contributed by atoms with E-state index in [0.717, 1.165) is 12.8 Å². The van der Waals surface area contributed by atoms with Crippen molar-refractivity contribution < 1.29 is 30.8 Å². The van der Waals surface area contributed by atoms with Gasteiger partial charge in [0.1, 0.15) is 0 Å². The van der Waals surface area contributed by atoms with Crippen molar-refractivity contribution in [2.75, 3.05) is 18.0 Å². The Morgan fingerprint density at radius 3 is 2.58 bits per heavy atom. The topological polar surface area (TPSA) is 85.4 Å². The summed E-state index contributed by atoms with van der Waals surface area (Å²) in [5, 5.41) is 0.545. The number of alkyl halides is 3. The number of ketones is 1. The standard InChI is InChI=1S/C27H26F3N3O4S/c1-18-6-5-12-32(16-18)26-31-25(27(28,29)30)24(37-26)23(34)15-20-9-10-22-21(14-20)11-13-33(22)38(35,36)17-19-7-3-2-4-8-19/h2-4,7-11,13-14,18H,5-6,12,15-17H2,1H3. The fourth-order valence-corrected chi connectivity index (χ4v) is 6.29. The zero-order chi connectivity index (χ0) is 27.1.